The van der Waals surface area contributed by atoms with Crippen molar-refractivity contribution in [2.75, 3.05) is 0 Å². The molecule has 20 heavy (non-hydrogen) atoms. The van der Waals surface area contributed by atoms with Crippen molar-refractivity contribution in [2.45, 2.75) is 29.8 Å². The number of hydrogen-bond acceptors (Lipinski definition) is 3. The first-order valence-corrected chi connectivity index (χ1v) is 7.65. The zero-order valence-electron chi connectivity index (χ0n) is 11.3. The van der Waals surface area contributed by atoms with Crippen molar-refractivity contribution in [1.29, 1.82) is 0 Å². The van der Waals surface area contributed by atoms with Gasteiger partial charge in [0, 0.05) is 35.3 Å². The lowest BCUT2D eigenvalue weighted by Gasteiger charge is -2.09. The predicted octanol–water partition coefficient (Wildman–Crippen LogP) is 4.46. The molecule has 0 amide bonds. The van der Waals surface area contributed by atoms with Crippen LogP contribution in [0.5, 0.6) is 5.88 Å². The molecular weight excluding hydrogens is 273 g/mol. The number of pyridine rings is 1. The summed E-state index contributed by atoms with van der Waals surface area (Å²) in [4.78, 5) is 5.22. The minimum atomic E-state index is -1.49. The second kappa shape index (κ2) is 5.44. The molecular formula is C16H16FNOS. The van der Waals surface area contributed by atoms with Crippen LogP contribution in [-0.2, 0) is 5.75 Å². The Bertz CT molecular complexity index is 575. The van der Waals surface area contributed by atoms with Crippen LogP contribution in [0.2, 0.25) is 0 Å². The monoisotopic (exact) mass is 289 g/mol. The average Bonchev–Trinajstić information content (AvgIpc) is 3.06. The fraction of sp³-hybridized carbons (Fsp3) is 0.312. The SMILES string of the molecule is CC1CC1(F)Oc1ccc(SCc2ccccc2)cn1. The Labute approximate surface area is 122 Å². The summed E-state index contributed by atoms with van der Waals surface area (Å²) in [5, 5.41) is 0. The number of benzene rings is 1. The van der Waals surface area contributed by atoms with Gasteiger partial charge in [0.25, 0.3) is 5.85 Å². The predicted molar refractivity (Wildman–Crippen MR) is 78.5 cm³/mol. The van der Waals surface area contributed by atoms with Gasteiger partial charge in [-0.15, -0.1) is 11.8 Å². The van der Waals surface area contributed by atoms with Crippen molar-refractivity contribution in [3.8, 4) is 5.88 Å². The van der Waals surface area contributed by atoms with Crippen molar-refractivity contribution in [1.82, 2.24) is 4.98 Å². The second-order valence-corrected chi connectivity index (χ2v) is 6.15. The van der Waals surface area contributed by atoms with Crippen molar-refractivity contribution in [3.05, 3.63) is 54.2 Å². The molecule has 1 aromatic carbocycles. The maximum Gasteiger partial charge on any atom is 0.253 e. The van der Waals surface area contributed by atoms with Gasteiger partial charge in [-0.1, -0.05) is 37.3 Å². The molecule has 2 unspecified atom stereocenters. The molecule has 1 aliphatic carbocycles. The lowest BCUT2D eigenvalue weighted by molar-refractivity contribution is 0.0213. The zero-order valence-corrected chi connectivity index (χ0v) is 12.1. The Morgan fingerprint density at radius 3 is 2.65 bits per heavy atom. The van der Waals surface area contributed by atoms with Crippen molar-refractivity contribution >= 4 is 11.8 Å². The summed E-state index contributed by atoms with van der Waals surface area (Å²) >= 11 is 1.70. The smallest absolute Gasteiger partial charge is 0.253 e. The molecule has 1 saturated carbocycles. The molecule has 0 saturated heterocycles. The Morgan fingerprint density at radius 2 is 2.05 bits per heavy atom. The van der Waals surface area contributed by atoms with E-state index >= 15 is 0 Å². The molecule has 0 radical (unpaired) electrons. The van der Waals surface area contributed by atoms with E-state index in [-0.39, 0.29) is 5.92 Å². The highest BCUT2D eigenvalue weighted by atomic mass is 32.2. The summed E-state index contributed by atoms with van der Waals surface area (Å²) in [6.07, 6.45) is 2.19. The summed E-state index contributed by atoms with van der Waals surface area (Å²) in [5.41, 5.74) is 1.27. The second-order valence-electron chi connectivity index (χ2n) is 5.10. The molecule has 2 atom stereocenters. The molecule has 4 heteroatoms. The molecule has 1 fully saturated rings. The summed E-state index contributed by atoms with van der Waals surface area (Å²) in [6.45, 7) is 1.84. The number of halogens is 1. The van der Waals surface area contributed by atoms with Crippen molar-refractivity contribution in [2.24, 2.45) is 5.92 Å². The van der Waals surface area contributed by atoms with Gasteiger partial charge in [0.2, 0.25) is 5.88 Å². The summed E-state index contributed by atoms with van der Waals surface area (Å²) in [7, 11) is 0. The average molecular weight is 289 g/mol. The van der Waals surface area contributed by atoms with Crippen LogP contribution < -0.4 is 4.74 Å². The van der Waals surface area contributed by atoms with Crippen LogP contribution in [0.15, 0.2) is 53.6 Å². The van der Waals surface area contributed by atoms with E-state index in [4.69, 9.17) is 4.74 Å². The quantitative estimate of drug-likeness (QED) is 0.759. The Kier molecular flexibility index (Phi) is 3.66. The standard InChI is InChI=1S/C16H16FNOS/c1-12-9-16(12,17)19-15-8-7-14(10-18-15)20-11-13-5-3-2-4-6-13/h2-8,10,12H,9,11H2,1H3. The zero-order chi connectivity index (χ0) is 14.0. The van der Waals surface area contributed by atoms with Gasteiger partial charge in [-0.3, -0.25) is 0 Å². The molecule has 2 nitrogen and oxygen atoms in total. The molecule has 0 aliphatic heterocycles. The van der Waals surface area contributed by atoms with Gasteiger partial charge in [-0.2, -0.15) is 4.39 Å². The van der Waals surface area contributed by atoms with Crippen LogP contribution in [0.1, 0.15) is 18.9 Å². The van der Waals surface area contributed by atoms with Gasteiger partial charge in [0.15, 0.2) is 0 Å². The molecule has 1 heterocycles. The first kappa shape index (κ1) is 13.4. The van der Waals surface area contributed by atoms with Crippen LogP contribution in [0.3, 0.4) is 0 Å². The van der Waals surface area contributed by atoms with E-state index < -0.39 is 5.85 Å². The lowest BCUT2D eigenvalue weighted by Crippen LogP contribution is -2.14. The summed E-state index contributed by atoms with van der Waals surface area (Å²) in [6, 6.07) is 13.9. The van der Waals surface area contributed by atoms with Gasteiger partial charge < -0.3 is 4.74 Å². The molecule has 0 spiro atoms. The topological polar surface area (TPSA) is 22.1 Å². The third-order valence-electron chi connectivity index (χ3n) is 3.39. The fourth-order valence-corrected chi connectivity index (χ4v) is 2.75. The lowest BCUT2D eigenvalue weighted by atomic mass is 10.2. The van der Waals surface area contributed by atoms with Crippen LogP contribution in [0, 0.1) is 5.92 Å². The highest BCUT2D eigenvalue weighted by molar-refractivity contribution is 7.98. The molecule has 3 rings (SSSR count). The van der Waals surface area contributed by atoms with E-state index in [9.17, 15) is 4.39 Å². The molecule has 1 aromatic heterocycles. The van der Waals surface area contributed by atoms with Crippen LogP contribution in [-0.4, -0.2) is 10.8 Å². The first-order valence-electron chi connectivity index (χ1n) is 6.66. The third-order valence-corrected chi connectivity index (χ3v) is 4.44. The van der Waals surface area contributed by atoms with Crippen molar-refractivity contribution < 1.29 is 9.13 Å². The number of rotatable bonds is 5. The van der Waals surface area contributed by atoms with Crippen LogP contribution in [0.4, 0.5) is 4.39 Å². The number of thioether (sulfide) groups is 1. The maximum absolute atomic E-state index is 13.8. The van der Waals surface area contributed by atoms with E-state index in [1.165, 1.54) is 5.56 Å². The number of nitrogens with zero attached hydrogens (tertiary/aromatic N) is 1. The van der Waals surface area contributed by atoms with Gasteiger partial charge >= 0.3 is 0 Å². The van der Waals surface area contributed by atoms with E-state index in [2.05, 4.69) is 17.1 Å². The molecule has 0 N–H and O–H groups in total. The van der Waals surface area contributed by atoms with E-state index in [0.717, 1.165) is 10.6 Å². The largest absolute Gasteiger partial charge is 0.441 e. The Morgan fingerprint density at radius 1 is 1.30 bits per heavy atom. The number of hydrogen-bond donors (Lipinski definition) is 0. The van der Waals surface area contributed by atoms with Crippen LogP contribution in [0.25, 0.3) is 0 Å². The summed E-state index contributed by atoms with van der Waals surface area (Å²) < 4.78 is 19.0. The summed E-state index contributed by atoms with van der Waals surface area (Å²) in [5.74, 6) is -0.268. The Balaban J connectivity index is 1.56. The van der Waals surface area contributed by atoms with Gasteiger partial charge in [0.05, 0.1) is 0 Å². The number of ether oxygens (including phenoxy) is 1. The van der Waals surface area contributed by atoms with Gasteiger partial charge in [-0.05, 0) is 11.6 Å². The fourth-order valence-electron chi connectivity index (χ4n) is 1.93. The molecule has 2 aromatic rings. The Hall–Kier alpha value is -1.55. The highest BCUT2D eigenvalue weighted by Gasteiger charge is 2.55. The minimum absolute atomic E-state index is 0.0311. The van der Waals surface area contributed by atoms with E-state index in [1.54, 1.807) is 24.0 Å². The van der Waals surface area contributed by atoms with Crippen molar-refractivity contribution in [3.63, 3.8) is 0 Å². The molecule has 0 bridgehead atoms. The normalized spacial score (nSPS) is 24.4. The molecule has 104 valence electrons. The van der Waals surface area contributed by atoms with Crippen LogP contribution >= 0.6 is 11.8 Å². The third kappa shape index (κ3) is 3.12. The first-order chi connectivity index (χ1) is 9.66. The van der Waals surface area contributed by atoms with Gasteiger partial charge in [-0.25, -0.2) is 4.98 Å². The van der Waals surface area contributed by atoms with Gasteiger partial charge in [0.1, 0.15) is 0 Å². The number of aromatic nitrogens is 1. The van der Waals surface area contributed by atoms with E-state index in [0.29, 0.717) is 12.3 Å². The number of alkyl halides is 1. The minimum Gasteiger partial charge on any atom is -0.441 e. The van der Waals surface area contributed by atoms with E-state index in [1.807, 2.05) is 31.2 Å². The maximum atomic E-state index is 13.8. The molecule has 1 aliphatic rings. The highest BCUT2D eigenvalue weighted by Crippen LogP contribution is 2.47.